The van der Waals surface area contributed by atoms with E-state index in [2.05, 4.69) is 21.4 Å². The molecular weight excluding hydrogens is 432 g/mol. The first-order chi connectivity index (χ1) is 16.6. The number of rotatable bonds is 7. The summed E-state index contributed by atoms with van der Waals surface area (Å²) in [5.74, 6) is 0.191. The number of carbonyl (C=O) groups is 2. The first kappa shape index (κ1) is 23.0. The Morgan fingerprint density at radius 3 is 2.41 bits per heavy atom. The Morgan fingerprint density at radius 1 is 1.06 bits per heavy atom. The van der Waals surface area contributed by atoms with Gasteiger partial charge in [-0.3, -0.25) is 9.69 Å². The van der Waals surface area contributed by atoms with Gasteiger partial charge in [0.2, 0.25) is 5.91 Å². The molecule has 0 aliphatic carbocycles. The van der Waals surface area contributed by atoms with Crippen LogP contribution in [0.2, 0.25) is 0 Å². The molecule has 4 rings (SSSR count). The number of amides is 2. The fourth-order valence-electron chi connectivity index (χ4n) is 3.78. The zero-order valence-corrected chi connectivity index (χ0v) is 18.7. The van der Waals surface area contributed by atoms with E-state index in [1.165, 1.54) is 6.20 Å². The van der Waals surface area contributed by atoms with Crippen LogP contribution in [0, 0.1) is 11.3 Å². The molecule has 1 unspecified atom stereocenters. The Kier molecular flexibility index (Phi) is 7.53. The number of H-pyrrole nitrogens is 1. The minimum absolute atomic E-state index is 0.191. The lowest BCUT2D eigenvalue weighted by molar-refractivity contribution is -0.117. The standard InChI is InChI=1S/C25H26N6O3/c26-15-21(20-9-5-2-6-10-20)24-27-16-22(29-24)28-23(32)17-30-11-13-31(14-12-30)25(33)34-18-19-7-3-1-4-8-19/h1-10,16,21H,11-14,17-18H2,(H,27,29)(H,28,32). The molecule has 1 saturated heterocycles. The number of piperazine rings is 1. The molecule has 0 saturated carbocycles. The number of ether oxygens (including phenoxy) is 1. The number of aromatic nitrogens is 2. The number of nitrogens with zero attached hydrogens (tertiary/aromatic N) is 4. The Hall–Kier alpha value is -4.16. The van der Waals surface area contributed by atoms with Gasteiger partial charge in [-0.25, -0.2) is 9.78 Å². The summed E-state index contributed by atoms with van der Waals surface area (Å²) in [6, 6.07) is 21.2. The van der Waals surface area contributed by atoms with Gasteiger partial charge in [-0.2, -0.15) is 5.26 Å². The quantitative estimate of drug-likeness (QED) is 0.563. The normalized spacial score (nSPS) is 14.7. The number of carbonyl (C=O) groups excluding carboxylic acids is 2. The molecule has 0 spiro atoms. The molecule has 2 amide bonds. The van der Waals surface area contributed by atoms with Crippen LogP contribution < -0.4 is 5.32 Å². The van der Waals surface area contributed by atoms with Gasteiger partial charge in [-0.15, -0.1) is 0 Å². The minimum Gasteiger partial charge on any atom is -0.445 e. The van der Waals surface area contributed by atoms with Crippen molar-refractivity contribution in [3.63, 3.8) is 0 Å². The first-order valence-electron chi connectivity index (χ1n) is 11.1. The van der Waals surface area contributed by atoms with E-state index in [-0.39, 0.29) is 25.2 Å². The summed E-state index contributed by atoms with van der Waals surface area (Å²) in [5, 5.41) is 12.4. The summed E-state index contributed by atoms with van der Waals surface area (Å²) < 4.78 is 5.38. The van der Waals surface area contributed by atoms with E-state index < -0.39 is 5.92 Å². The topological polar surface area (TPSA) is 114 Å². The van der Waals surface area contributed by atoms with Crippen LogP contribution in [0.15, 0.2) is 66.9 Å². The van der Waals surface area contributed by atoms with E-state index in [1.54, 1.807) is 4.90 Å². The molecule has 1 aliphatic rings. The number of nitriles is 1. The van der Waals surface area contributed by atoms with E-state index >= 15 is 0 Å². The summed E-state index contributed by atoms with van der Waals surface area (Å²) in [5.41, 5.74) is 1.77. The van der Waals surface area contributed by atoms with E-state index in [0.717, 1.165) is 11.1 Å². The second kappa shape index (κ2) is 11.1. The second-order valence-corrected chi connectivity index (χ2v) is 8.01. The molecule has 34 heavy (non-hydrogen) atoms. The molecule has 174 valence electrons. The molecule has 2 aromatic carbocycles. The molecule has 9 heteroatoms. The maximum Gasteiger partial charge on any atom is 0.410 e. The number of nitrogens with one attached hydrogen (secondary N) is 2. The average Bonchev–Trinajstić information content (AvgIpc) is 3.32. The molecule has 9 nitrogen and oxygen atoms in total. The van der Waals surface area contributed by atoms with Gasteiger partial charge >= 0.3 is 6.09 Å². The molecule has 1 aliphatic heterocycles. The second-order valence-electron chi connectivity index (χ2n) is 8.01. The maximum atomic E-state index is 12.5. The van der Waals surface area contributed by atoms with Crippen molar-refractivity contribution in [3.05, 3.63) is 83.8 Å². The summed E-state index contributed by atoms with van der Waals surface area (Å²) in [6.07, 6.45) is 1.17. The first-order valence-corrected chi connectivity index (χ1v) is 11.1. The van der Waals surface area contributed by atoms with E-state index in [1.807, 2.05) is 65.6 Å². The van der Waals surface area contributed by atoms with Crippen molar-refractivity contribution in [1.82, 2.24) is 19.8 Å². The zero-order valence-electron chi connectivity index (χ0n) is 18.7. The number of hydrogen-bond donors (Lipinski definition) is 2. The lowest BCUT2D eigenvalue weighted by Gasteiger charge is -2.33. The Balaban J connectivity index is 1.22. The van der Waals surface area contributed by atoms with E-state index in [4.69, 9.17) is 4.74 Å². The highest BCUT2D eigenvalue weighted by molar-refractivity contribution is 5.91. The van der Waals surface area contributed by atoms with E-state index in [0.29, 0.717) is 37.8 Å². The minimum atomic E-state index is -0.540. The van der Waals surface area contributed by atoms with Gasteiger partial charge in [0.25, 0.3) is 0 Å². The van der Waals surface area contributed by atoms with Gasteiger partial charge in [-0.05, 0) is 11.1 Å². The van der Waals surface area contributed by atoms with Crippen LogP contribution in [-0.2, 0) is 16.1 Å². The predicted molar refractivity (Wildman–Crippen MR) is 126 cm³/mol. The van der Waals surface area contributed by atoms with Crippen LogP contribution in [-0.4, -0.2) is 64.5 Å². The SMILES string of the molecule is N#CC(c1ccccc1)c1ncc(NC(=O)CN2CCN(C(=O)OCc3ccccc3)CC2)[nH]1. The van der Waals surface area contributed by atoms with Gasteiger partial charge in [0.05, 0.1) is 18.8 Å². The van der Waals surface area contributed by atoms with Crippen LogP contribution in [0.1, 0.15) is 22.9 Å². The molecule has 2 heterocycles. The molecule has 2 N–H and O–H groups in total. The molecule has 0 radical (unpaired) electrons. The van der Waals surface area contributed by atoms with Crippen LogP contribution in [0.4, 0.5) is 10.6 Å². The molecular formula is C25H26N6O3. The predicted octanol–water partition coefficient (Wildman–Crippen LogP) is 2.96. The number of imidazole rings is 1. The van der Waals surface area contributed by atoms with Crippen LogP contribution >= 0.6 is 0 Å². The maximum absolute atomic E-state index is 12.5. The summed E-state index contributed by atoms with van der Waals surface area (Å²) in [4.78, 5) is 35.7. The van der Waals surface area contributed by atoms with Crippen molar-refractivity contribution in [2.45, 2.75) is 12.5 Å². The Morgan fingerprint density at radius 2 is 1.74 bits per heavy atom. The number of hydrogen-bond acceptors (Lipinski definition) is 6. The lowest BCUT2D eigenvalue weighted by atomic mass is 10.0. The third-order valence-electron chi connectivity index (χ3n) is 5.61. The van der Waals surface area contributed by atoms with Gasteiger partial charge < -0.3 is 19.9 Å². The van der Waals surface area contributed by atoms with Crippen LogP contribution in [0.5, 0.6) is 0 Å². The third-order valence-corrected chi connectivity index (χ3v) is 5.61. The fourth-order valence-corrected chi connectivity index (χ4v) is 3.78. The lowest BCUT2D eigenvalue weighted by Crippen LogP contribution is -2.50. The van der Waals surface area contributed by atoms with Crippen molar-refractivity contribution in [2.24, 2.45) is 0 Å². The smallest absolute Gasteiger partial charge is 0.410 e. The highest BCUT2D eigenvalue weighted by Gasteiger charge is 2.24. The van der Waals surface area contributed by atoms with Crippen LogP contribution in [0.3, 0.4) is 0 Å². The van der Waals surface area contributed by atoms with Crippen molar-refractivity contribution in [3.8, 4) is 6.07 Å². The average molecular weight is 459 g/mol. The van der Waals surface area contributed by atoms with Crippen molar-refractivity contribution in [2.75, 3.05) is 38.0 Å². The molecule has 0 bridgehead atoms. The molecule has 1 fully saturated rings. The third kappa shape index (κ3) is 5.99. The summed E-state index contributed by atoms with van der Waals surface area (Å²) in [6.45, 7) is 2.58. The van der Waals surface area contributed by atoms with Gasteiger partial charge in [0, 0.05) is 26.2 Å². The summed E-state index contributed by atoms with van der Waals surface area (Å²) >= 11 is 0. The molecule has 1 atom stereocenters. The largest absolute Gasteiger partial charge is 0.445 e. The number of benzene rings is 2. The van der Waals surface area contributed by atoms with E-state index in [9.17, 15) is 14.9 Å². The van der Waals surface area contributed by atoms with Crippen molar-refractivity contribution in [1.29, 1.82) is 5.26 Å². The van der Waals surface area contributed by atoms with Crippen LogP contribution in [0.25, 0.3) is 0 Å². The Bertz CT molecular complexity index is 1130. The number of aromatic amines is 1. The van der Waals surface area contributed by atoms with Gasteiger partial charge in [0.1, 0.15) is 24.2 Å². The fraction of sp³-hybridized carbons (Fsp3) is 0.280. The highest BCUT2D eigenvalue weighted by Crippen LogP contribution is 2.22. The van der Waals surface area contributed by atoms with Gasteiger partial charge in [-0.1, -0.05) is 60.7 Å². The molecule has 1 aromatic heterocycles. The summed E-state index contributed by atoms with van der Waals surface area (Å²) in [7, 11) is 0. The highest BCUT2D eigenvalue weighted by atomic mass is 16.6. The van der Waals surface area contributed by atoms with Crippen molar-refractivity contribution >= 4 is 17.8 Å². The zero-order chi connectivity index (χ0) is 23.8. The molecule has 3 aromatic rings. The Labute approximate surface area is 198 Å². The monoisotopic (exact) mass is 458 g/mol. The number of anilines is 1. The van der Waals surface area contributed by atoms with Gasteiger partial charge in [0.15, 0.2) is 0 Å². The van der Waals surface area contributed by atoms with Crippen molar-refractivity contribution < 1.29 is 14.3 Å².